The molecule has 1 fully saturated rings. The molecule has 0 radical (unpaired) electrons. The maximum atomic E-state index is 12.2. The van der Waals surface area contributed by atoms with Gasteiger partial charge in [-0.15, -0.1) is 0 Å². The van der Waals surface area contributed by atoms with Crippen LogP contribution in [-0.4, -0.2) is 56.8 Å². The van der Waals surface area contributed by atoms with Crippen molar-refractivity contribution in [2.45, 2.75) is 13.3 Å². The zero-order valence-corrected chi connectivity index (χ0v) is 13.1. The van der Waals surface area contributed by atoms with Gasteiger partial charge in [0.15, 0.2) is 15.6 Å². The van der Waals surface area contributed by atoms with Crippen molar-refractivity contribution in [3.63, 3.8) is 0 Å². The number of nitrogens with zero attached hydrogens (tertiary/aromatic N) is 1. The second-order valence-electron chi connectivity index (χ2n) is 5.16. The van der Waals surface area contributed by atoms with Gasteiger partial charge in [-0.05, 0) is 44.2 Å². The van der Waals surface area contributed by atoms with Crippen LogP contribution >= 0.6 is 0 Å². The Morgan fingerprint density at radius 1 is 1.19 bits per heavy atom. The molecule has 116 valence electrons. The van der Waals surface area contributed by atoms with Gasteiger partial charge in [0.1, 0.15) is 5.75 Å². The van der Waals surface area contributed by atoms with E-state index in [2.05, 4.69) is 0 Å². The molecule has 5 nitrogen and oxygen atoms in total. The van der Waals surface area contributed by atoms with E-state index in [0.717, 1.165) is 5.75 Å². The van der Waals surface area contributed by atoms with Crippen molar-refractivity contribution in [2.24, 2.45) is 0 Å². The molecular formula is C15H21NO4S. The average Bonchev–Trinajstić information content (AvgIpc) is 2.61. The molecule has 0 unspecified atom stereocenters. The predicted octanol–water partition coefficient (Wildman–Crippen LogP) is 1.39. The molecule has 0 N–H and O–H groups in total. The van der Waals surface area contributed by atoms with Crippen molar-refractivity contribution in [3.8, 4) is 5.75 Å². The summed E-state index contributed by atoms with van der Waals surface area (Å²) in [6, 6.07) is 7.07. The molecule has 2 rings (SSSR count). The van der Waals surface area contributed by atoms with E-state index in [0.29, 0.717) is 31.7 Å². The molecule has 1 aliphatic rings. The lowest BCUT2D eigenvalue weighted by Crippen LogP contribution is -2.32. The number of benzene rings is 1. The van der Waals surface area contributed by atoms with Crippen molar-refractivity contribution < 1.29 is 17.9 Å². The first-order chi connectivity index (χ1) is 10.00. The number of carbonyl (C=O) groups is 1. The highest BCUT2D eigenvalue weighted by atomic mass is 32.2. The summed E-state index contributed by atoms with van der Waals surface area (Å²) < 4.78 is 28.4. The molecule has 1 aromatic carbocycles. The molecule has 1 saturated heterocycles. The molecule has 0 aromatic heterocycles. The van der Waals surface area contributed by atoms with Gasteiger partial charge < -0.3 is 4.74 Å². The van der Waals surface area contributed by atoms with Gasteiger partial charge in [0, 0.05) is 12.1 Å². The minimum absolute atomic E-state index is 0.0114. The Labute approximate surface area is 125 Å². The van der Waals surface area contributed by atoms with Crippen LogP contribution in [0.2, 0.25) is 0 Å². The molecule has 1 aliphatic heterocycles. The molecule has 0 bridgehead atoms. The van der Waals surface area contributed by atoms with Crippen LogP contribution in [0.5, 0.6) is 5.75 Å². The molecule has 0 saturated carbocycles. The van der Waals surface area contributed by atoms with Crippen molar-refractivity contribution in [2.75, 3.05) is 37.7 Å². The number of hydrogen-bond donors (Lipinski definition) is 0. The summed E-state index contributed by atoms with van der Waals surface area (Å²) in [5.74, 6) is 1.12. The van der Waals surface area contributed by atoms with Crippen LogP contribution in [0.25, 0.3) is 0 Å². The summed E-state index contributed by atoms with van der Waals surface area (Å²) in [5.41, 5.74) is 0.630. The fourth-order valence-corrected chi connectivity index (χ4v) is 3.66. The van der Waals surface area contributed by atoms with Crippen LogP contribution < -0.4 is 4.74 Å². The third kappa shape index (κ3) is 4.82. The van der Waals surface area contributed by atoms with E-state index in [4.69, 9.17) is 4.74 Å². The van der Waals surface area contributed by atoms with Gasteiger partial charge in [-0.2, -0.15) is 0 Å². The average molecular weight is 311 g/mol. The van der Waals surface area contributed by atoms with E-state index >= 15 is 0 Å². The Bertz CT molecular complexity index is 580. The minimum Gasteiger partial charge on any atom is -0.494 e. The topological polar surface area (TPSA) is 63.7 Å². The Morgan fingerprint density at radius 2 is 1.90 bits per heavy atom. The molecule has 6 heteroatoms. The highest BCUT2D eigenvalue weighted by Crippen LogP contribution is 2.13. The van der Waals surface area contributed by atoms with Gasteiger partial charge in [-0.3, -0.25) is 9.69 Å². The smallest absolute Gasteiger partial charge is 0.176 e. The Balaban J connectivity index is 1.94. The third-order valence-corrected chi connectivity index (χ3v) is 5.22. The lowest BCUT2D eigenvalue weighted by molar-refractivity contribution is 0.0935. The lowest BCUT2D eigenvalue weighted by Gasteiger charge is -2.18. The van der Waals surface area contributed by atoms with E-state index in [1.807, 2.05) is 11.8 Å². The number of ketones is 1. The highest BCUT2D eigenvalue weighted by Gasteiger charge is 2.21. The van der Waals surface area contributed by atoms with E-state index in [-0.39, 0.29) is 23.8 Å². The second-order valence-corrected chi connectivity index (χ2v) is 7.47. The summed E-state index contributed by atoms with van der Waals surface area (Å²) in [4.78, 5) is 14.1. The quantitative estimate of drug-likeness (QED) is 0.769. The van der Waals surface area contributed by atoms with Gasteiger partial charge in [-0.1, -0.05) is 0 Å². The standard InChI is InChI=1S/C15H21NO4S/c1-2-20-14-6-4-13(5-7-14)15(17)12-16-8-3-10-21(18,19)11-9-16/h4-7H,2-3,8-12H2,1H3. The zero-order chi connectivity index (χ0) is 15.3. The van der Waals surface area contributed by atoms with Gasteiger partial charge in [0.05, 0.1) is 24.7 Å². The monoisotopic (exact) mass is 311 g/mol. The van der Waals surface area contributed by atoms with Gasteiger partial charge in [0.2, 0.25) is 0 Å². The third-order valence-electron chi connectivity index (χ3n) is 3.50. The Kier molecular flexibility index (Phi) is 5.36. The summed E-state index contributed by atoms with van der Waals surface area (Å²) in [6.07, 6.45) is 0.596. The van der Waals surface area contributed by atoms with Crippen molar-refractivity contribution in [3.05, 3.63) is 29.8 Å². The predicted molar refractivity (Wildman–Crippen MR) is 81.7 cm³/mol. The minimum atomic E-state index is -2.93. The van der Waals surface area contributed by atoms with Gasteiger partial charge in [-0.25, -0.2) is 8.42 Å². The van der Waals surface area contributed by atoms with Gasteiger partial charge >= 0.3 is 0 Å². The van der Waals surface area contributed by atoms with Crippen molar-refractivity contribution in [1.29, 1.82) is 0 Å². The van der Waals surface area contributed by atoms with Crippen LogP contribution in [0.15, 0.2) is 24.3 Å². The Morgan fingerprint density at radius 3 is 2.57 bits per heavy atom. The van der Waals surface area contributed by atoms with E-state index in [1.54, 1.807) is 24.3 Å². The fraction of sp³-hybridized carbons (Fsp3) is 0.533. The number of sulfone groups is 1. The number of hydrogen-bond acceptors (Lipinski definition) is 5. The van der Waals surface area contributed by atoms with E-state index in [9.17, 15) is 13.2 Å². The maximum absolute atomic E-state index is 12.2. The lowest BCUT2D eigenvalue weighted by atomic mass is 10.1. The van der Waals surface area contributed by atoms with Crippen LogP contribution in [0.3, 0.4) is 0 Å². The molecule has 0 aliphatic carbocycles. The summed E-state index contributed by atoms with van der Waals surface area (Å²) in [6.45, 7) is 3.86. The molecule has 0 spiro atoms. The Hall–Kier alpha value is -1.40. The summed E-state index contributed by atoms with van der Waals surface area (Å²) in [5, 5.41) is 0. The molecule has 1 aromatic rings. The molecule has 1 heterocycles. The first-order valence-corrected chi connectivity index (χ1v) is 9.01. The number of ether oxygens (including phenoxy) is 1. The van der Waals surface area contributed by atoms with Crippen LogP contribution in [0.4, 0.5) is 0 Å². The van der Waals surface area contributed by atoms with E-state index < -0.39 is 9.84 Å². The number of Topliss-reactive ketones (excluding diaryl/α,β-unsaturated/α-hetero) is 1. The second kappa shape index (κ2) is 7.04. The molecular weight excluding hydrogens is 290 g/mol. The first-order valence-electron chi connectivity index (χ1n) is 7.19. The van der Waals surface area contributed by atoms with Crippen molar-refractivity contribution in [1.82, 2.24) is 4.90 Å². The van der Waals surface area contributed by atoms with Crippen LogP contribution in [-0.2, 0) is 9.84 Å². The van der Waals surface area contributed by atoms with Crippen molar-refractivity contribution >= 4 is 15.6 Å². The SMILES string of the molecule is CCOc1ccc(C(=O)CN2CCCS(=O)(=O)CC2)cc1. The number of rotatable bonds is 5. The largest absolute Gasteiger partial charge is 0.494 e. The zero-order valence-electron chi connectivity index (χ0n) is 12.2. The normalized spacial score (nSPS) is 18.9. The highest BCUT2D eigenvalue weighted by molar-refractivity contribution is 7.91. The first kappa shape index (κ1) is 16.0. The molecule has 21 heavy (non-hydrogen) atoms. The maximum Gasteiger partial charge on any atom is 0.176 e. The van der Waals surface area contributed by atoms with Crippen LogP contribution in [0, 0.1) is 0 Å². The number of carbonyl (C=O) groups excluding carboxylic acids is 1. The molecule has 0 amide bonds. The molecule has 0 atom stereocenters. The van der Waals surface area contributed by atoms with Crippen LogP contribution in [0.1, 0.15) is 23.7 Å². The fourth-order valence-electron chi connectivity index (χ4n) is 2.35. The van der Waals surface area contributed by atoms with E-state index in [1.165, 1.54) is 0 Å². The summed E-state index contributed by atoms with van der Waals surface area (Å²) in [7, 11) is -2.93. The summed E-state index contributed by atoms with van der Waals surface area (Å²) >= 11 is 0. The van der Waals surface area contributed by atoms with Gasteiger partial charge in [0.25, 0.3) is 0 Å².